The second-order valence-corrected chi connectivity index (χ2v) is 12.2. The number of hydrogen-bond donors (Lipinski definition) is 0. The van der Waals surface area contributed by atoms with Crippen molar-refractivity contribution in [2.24, 2.45) is 0 Å². The summed E-state index contributed by atoms with van der Waals surface area (Å²) in [6.07, 6.45) is 4.21. The Hall–Kier alpha value is -3.99. The van der Waals surface area contributed by atoms with Crippen LogP contribution in [0.3, 0.4) is 0 Å². The van der Waals surface area contributed by atoms with E-state index in [1.54, 1.807) is 0 Å². The highest BCUT2D eigenvalue weighted by Gasteiger charge is 2.30. The SMILES string of the molecule is Cc1nn(-c2cccc(Oc3cc(N4C=CN(C)C4)cc(C(C)(C)C)c3)c2)c(C)c1C(C)(C)c1ccccc1. The Bertz CT molecular complexity index is 1510. The highest BCUT2D eigenvalue weighted by atomic mass is 16.5. The van der Waals surface area contributed by atoms with Gasteiger partial charge in [0.2, 0.25) is 0 Å². The van der Waals surface area contributed by atoms with Crippen LogP contribution in [-0.4, -0.2) is 28.4 Å². The van der Waals surface area contributed by atoms with E-state index in [0.717, 1.165) is 40.9 Å². The van der Waals surface area contributed by atoms with Crippen LogP contribution >= 0.6 is 0 Å². The van der Waals surface area contributed by atoms with Gasteiger partial charge in [-0.25, -0.2) is 4.68 Å². The molecule has 0 saturated carbocycles. The van der Waals surface area contributed by atoms with Crippen LogP contribution in [0.2, 0.25) is 0 Å². The maximum absolute atomic E-state index is 6.51. The molecule has 2 heterocycles. The fraction of sp³-hybridized carbons (Fsp3) is 0.324. The lowest BCUT2D eigenvalue weighted by Gasteiger charge is -2.26. The molecule has 5 heteroatoms. The smallest absolute Gasteiger partial charge is 0.129 e. The minimum absolute atomic E-state index is 0.00301. The van der Waals surface area contributed by atoms with Crippen molar-refractivity contribution in [2.75, 3.05) is 18.6 Å². The molecule has 0 N–H and O–H groups in total. The van der Waals surface area contributed by atoms with Crippen molar-refractivity contribution < 1.29 is 4.74 Å². The van der Waals surface area contributed by atoms with Gasteiger partial charge in [0.15, 0.2) is 0 Å². The minimum atomic E-state index is -0.163. The Morgan fingerprint density at radius 2 is 1.46 bits per heavy atom. The van der Waals surface area contributed by atoms with Gasteiger partial charge in [0.1, 0.15) is 11.5 Å². The van der Waals surface area contributed by atoms with E-state index < -0.39 is 0 Å². The van der Waals surface area contributed by atoms with Gasteiger partial charge in [0, 0.05) is 53.9 Å². The summed E-state index contributed by atoms with van der Waals surface area (Å²) in [4.78, 5) is 4.40. The van der Waals surface area contributed by atoms with Crippen molar-refractivity contribution in [2.45, 2.75) is 59.3 Å². The second-order valence-electron chi connectivity index (χ2n) is 12.2. The van der Waals surface area contributed by atoms with Crippen LogP contribution in [0, 0.1) is 13.8 Å². The van der Waals surface area contributed by atoms with E-state index in [1.807, 2.05) is 16.8 Å². The van der Waals surface area contributed by atoms with Crippen molar-refractivity contribution in [3.05, 3.63) is 113 Å². The van der Waals surface area contributed by atoms with Crippen molar-refractivity contribution in [3.63, 3.8) is 0 Å². The molecular weight excluding hydrogens is 480 g/mol. The lowest BCUT2D eigenvalue weighted by Crippen LogP contribution is -2.22. The Balaban J connectivity index is 1.49. The van der Waals surface area contributed by atoms with Gasteiger partial charge in [-0.1, -0.05) is 71.0 Å². The van der Waals surface area contributed by atoms with Gasteiger partial charge in [0.05, 0.1) is 18.1 Å². The molecule has 0 saturated heterocycles. The summed E-state index contributed by atoms with van der Waals surface area (Å²) >= 11 is 0. The monoisotopic (exact) mass is 520 g/mol. The Labute approximate surface area is 233 Å². The molecule has 0 unspecified atom stereocenters. The number of benzene rings is 3. The molecule has 1 aliphatic rings. The highest BCUT2D eigenvalue weighted by molar-refractivity contribution is 5.58. The molecule has 39 heavy (non-hydrogen) atoms. The van der Waals surface area contributed by atoms with Crippen LogP contribution < -0.4 is 9.64 Å². The number of anilines is 1. The van der Waals surface area contributed by atoms with E-state index in [0.29, 0.717) is 0 Å². The van der Waals surface area contributed by atoms with Crippen molar-refractivity contribution in [1.82, 2.24) is 14.7 Å². The summed E-state index contributed by atoms with van der Waals surface area (Å²) in [5.74, 6) is 1.62. The van der Waals surface area contributed by atoms with E-state index in [-0.39, 0.29) is 10.8 Å². The molecule has 0 atom stereocenters. The molecular formula is C34H40N4O. The van der Waals surface area contributed by atoms with Crippen LogP contribution in [0.25, 0.3) is 5.69 Å². The largest absolute Gasteiger partial charge is 0.457 e. The minimum Gasteiger partial charge on any atom is -0.457 e. The molecule has 0 aliphatic carbocycles. The molecule has 0 fully saturated rings. The normalized spacial score (nSPS) is 13.8. The second kappa shape index (κ2) is 9.96. The number of hydrogen-bond acceptors (Lipinski definition) is 4. The molecule has 5 rings (SSSR count). The number of nitrogens with zero attached hydrogens (tertiary/aromatic N) is 4. The number of aryl methyl sites for hydroxylation is 1. The fourth-order valence-corrected chi connectivity index (χ4v) is 5.55. The molecule has 0 radical (unpaired) electrons. The standard InChI is InChI=1S/C34H40N4O/c1-24-32(34(6,7)26-13-10-9-11-14-26)25(2)38(35-24)28-15-12-16-30(21-28)39-31-20-27(33(3,4)5)19-29(22-31)37-18-17-36(8)23-37/h9-22H,23H2,1-8H3. The molecule has 1 aromatic heterocycles. The average Bonchev–Trinajstić information content (AvgIpc) is 3.46. The fourth-order valence-electron chi connectivity index (χ4n) is 5.55. The summed E-state index contributed by atoms with van der Waals surface area (Å²) in [5.41, 5.74) is 7.90. The third kappa shape index (κ3) is 5.31. The van der Waals surface area contributed by atoms with Gasteiger partial charge in [0.25, 0.3) is 0 Å². The molecule has 0 amide bonds. The highest BCUT2D eigenvalue weighted by Crippen LogP contribution is 2.38. The maximum atomic E-state index is 6.51. The number of ether oxygens (including phenoxy) is 1. The Morgan fingerprint density at radius 3 is 2.13 bits per heavy atom. The molecule has 1 aliphatic heterocycles. The first-order valence-corrected chi connectivity index (χ1v) is 13.6. The molecule has 0 bridgehead atoms. The zero-order chi connectivity index (χ0) is 27.9. The summed E-state index contributed by atoms with van der Waals surface area (Å²) in [7, 11) is 2.08. The van der Waals surface area contributed by atoms with Crippen LogP contribution in [0.4, 0.5) is 5.69 Å². The quantitative estimate of drug-likeness (QED) is 0.257. The van der Waals surface area contributed by atoms with E-state index in [2.05, 4.69) is 138 Å². The zero-order valence-electron chi connectivity index (χ0n) is 24.5. The first-order valence-electron chi connectivity index (χ1n) is 13.6. The number of rotatable bonds is 6. The van der Waals surface area contributed by atoms with Gasteiger partial charge >= 0.3 is 0 Å². The van der Waals surface area contributed by atoms with Gasteiger partial charge < -0.3 is 14.5 Å². The maximum Gasteiger partial charge on any atom is 0.129 e. The third-order valence-electron chi connectivity index (χ3n) is 7.68. The van der Waals surface area contributed by atoms with E-state index in [9.17, 15) is 0 Å². The molecule has 5 nitrogen and oxygen atoms in total. The van der Waals surface area contributed by atoms with E-state index in [4.69, 9.17) is 9.84 Å². The molecule has 0 spiro atoms. The van der Waals surface area contributed by atoms with Crippen LogP contribution in [0.1, 0.15) is 62.7 Å². The first kappa shape index (κ1) is 26.6. The zero-order valence-corrected chi connectivity index (χ0v) is 24.5. The van der Waals surface area contributed by atoms with Crippen molar-refractivity contribution >= 4 is 5.69 Å². The first-order chi connectivity index (χ1) is 18.4. The molecule has 3 aromatic carbocycles. The van der Waals surface area contributed by atoms with E-state index >= 15 is 0 Å². The third-order valence-corrected chi connectivity index (χ3v) is 7.68. The lowest BCUT2D eigenvalue weighted by molar-refractivity contribution is 0.476. The van der Waals surface area contributed by atoms with Crippen LogP contribution in [-0.2, 0) is 10.8 Å². The van der Waals surface area contributed by atoms with Crippen LogP contribution in [0.15, 0.2) is 85.2 Å². The molecule has 4 aromatic rings. The lowest BCUT2D eigenvalue weighted by atomic mass is 9.77. The van der Waals surface area contributed by atoms with Crippen molar-refractivity contribution in [3.8, 4) is 17.2 Å². The Morgan fingerprint density at radius 1 is 0.744 bits per heavy atom. The van der Waals surface area contributed by atoms with Crippen molar-refractivity contribution in [1.29, 1.82) is 0 Å². The van der Waals surface area contributed by atoms with Gasteiger partial charge in [-0.2, -0.15) is 5.10 Å². The summed E-state index contributed by atoms with van der Waals surface area (Å²) < 4.78 is 8.56. The summed E-state index contributed by atoms with van der Waals surface area (Å²) in [5, 5.41) is 4.98. The Kier molecular flexibility index (Phi) is 6.79. The average molecular weight is 521 g/mol. The summed E-state index contributed by atoms with van der Waals surface area (Å²) in [6, 6.07) is 25.4. The van der Waals surface area contributed by atoms with Crippen LogP contribution in [0.5, 0.6) is 11.5 Å². The number of aromatic nitrogens is 2. The van der Waals surface area contributed by atoms with Gasteiger partial charge in [-0.3, -0.25) is 0 Å². The topological polar surface area (TPSA) is 33.5 Å². The van der Waals surface area contributed by atoms with E-state index in [1.165, 1.54) is 16.7 Å². The predicted octanol–water partition coefficient (Wildman–Crippen LogP) is 8.09. The molecule has 202 valence electrons. The van der Waals surface area contributed by atoms with Gasteiger partial charge in [-0.15, -0.1) is 0 Å². The summed E-state index contributed by atoms with van der Waals surface area (Å²) in [6.45, 7) is 16.3. The van der Waals surface area contributed by atoms with Gasteiger partial charge in [-0.05, 0) is 54.7 Å². The predicted molar refractivity (Wildman–Crippen MR) is 161 cm³/mol.